The molecule has 1 aromatic carbocycles. The van der Waals surface area contributed by atoms with Crippen LogP contribution in [0, 0.1) is 5.92 Å². The van der Waals surface area contributed by atoms with Crippen LogP contribution in [0.4, 0.5) is 4.79 Å². The second-order valence-electron chi connectivity index (χ2n) is 7.37. The molecule has 1 aromatic rings. The summed E-state index contributed by atoms with van der Waals surface area (Å²) in [6, 6.07) is 3.51. The zero-order valence-corrected chi connectivity index (χ0v) is 17.1. The third kappa shape index (κ3) is 4.84. The molecule has 1 aliphatic rings. The van der Waals surface area contributed by atoms with E-state index in [1.54, 1.807) is 19.1 Å². The maximum Gasteiger partial charge on any atom is 0.318 e. The Morgan fingerprint density at radius 3 is 2.33 bits per heavy atom. The first-order chi connectivity index (χ1) is 12.8. The van der Waals surface area contributed by atoms with Gasteiger partial charge in [-0.05, 0) is 43.5 Å². The van der Waals surface area contributed by atoms with Gasteiger partial charge in [0.05, 0.1) is 20.3 Å². The number of hydrogen-bond donors (Lipinski definition) is 2. The molecule has 0 saturated heterocycles. The molecule has 2 N–H and O–H groups in total. The average molecular weight is 377 g/mol. The molecule has 150 valence electrons. The van der Waals surface area contributed by atoms with E-state index >= 15 is 0 Å². The Balaban J connectivity index is 2.38. The first kappa shape index (κ1) is 20.9. The van der Waals surface area contributed by atoms with Crippen LogP contribution in [0.15, 0.2) is 12.1 Å². The second kappa shape index (κ2) is 8.97. The summed E-state index contributed by atoms with van der Waals surface area (Å²) in [5, 5.41) is 5.92. The smallest absolute Gasteiger partial charge is 0.318 e. The molecule has 0 saturated carbocycles. The third-order valence-electron chi connectivity index (χ3n) is 4.67. The van der Waals surface area contributed by atoms with E-state index < -0.39 is 0 Å². The number of carbonyl (C=O) groups excluding carboxylic acids is 2. The molecule has 7 heteroatoms. The molecule has 1 aliphatic heterocycles. The summed E-state index contributed by atoms with van der Waals surface area (Å²) in [5.74, 6) is 1.13. The van der Waals surface area contributed by atoms with Crippen LogP contribution in [-0.2, 0) is 11.2 Å². The van der Waals surface area contributed by atoms with Crippen molar-refractivity contribution in [3.05, 3.63) is 23.3 Å². The monoisotopic (exact) mass is 377 g/mol. The maximum absolute atomic E-state index is 12.7. The number of rotatable bonds is 6. The Morgan fingerprint density at radius 1 is 1.15 bits per heavy atom. The second-order valence-corrected chi connectivity index (χ2v) is 7.37. The van der Waals surface area contributed by atoms with Crippen LogP contribution in [0.5, 0.6) is 11.5 Å². The lowest BCUT2D eigenvalue weighted by Crippen LogP contribution is -2.50. The number of nitrogens with one attached hydrogen (secondary N) is 2. The van der Waals surface area contributed by atoms with Crippen molar-refractivity contribution in [1.82, 2.24) is 15.5 Å². The molecule has 0 aromatic heterocycles. The van der Waals surface area contributed by atoms with Crippen LogP contribution < -0.4 is 20.1 Å². The summed E-state index contributed by atoms with van der Waals surface area (Å²) in [6.07, 6.45) is 0.718. The van der Waals surface area contributed by atoms with Crippen molar-refractivity contribution in [2.75, 3.05) is 27.3 Å². The quantitative estimate of drug-likeness (QED) is 0.798. The number of nitrogens with zero attached hydrogens (tertiary/aromatic N) is 1. The number of benzene rings is 1. The van der Waals surface area contributed by atoms with Crippen molar-refractivity contribution in [3.8, 4) is 11.5 Å². The molecule has 0 bridgehead atoms. The van der Waals surface area contributed by atoms with Gasteiger partial charge in [0.15, 0.2) is 11.5 Å². The number of ether oxygens (including phenoxy) is 2. The molecular formula is C20H31N3O4. The maximum atomic E-state index is 12.7. The van der Waals surface area contributed by atoms with Gasteiger partial charge in [0.1, 0.15) is 0 Å². The van der Waals surface area contributed by atoms with Crippen molar-refractivity contribution >= 4 is 11.9 Å². The first-order valence-electron chi connectivity index (χ1n) is 9.38. The van der Waals surface area contributed by atoms with Gasteiger partial charge < -0.3 is 25.0 Å². The first-order valence-corrected chi connectivity index (χ1v) is 9.38. The number of hydrogen-bond acceptors (Lipinski definition) is 4. The molecule has 0 aliphatic carbocycles. The van der Waals surface area contributed by atoms with Gasteiger partial charge in [-0.15, -0.1) is 0 Å². The van der Waals surface area contributed by atoms with E-state index in [9.17, 15) is 9.59 Å². The topological polar surface area (TPSA) is 79.9 Å². The summed E-state index contributed by atoms with van der Waals surface area (Å²) < 4.78 is 10.8. The zero-order valence-electron chi connectivity index (χ0n) is 17.1. The van der Waals surface area contributed by atoms with Gasteiger partial charge in [0.25, 0.3) is 0 Å². The number of fused-ring (bicyclic) bond motifs is 1. The lowest BCUT2D eigenvalue weighted by molar-refractivity contribution is -0.124. The van der Waals surface area contributed by atoms with Crippen molar-refractivity contribution in [3.63, 3.8) is 0 Å². The predicted molar refractivity (Wildman–Crippen MR) is 104 cm³/mol. The minimum Gasteiger partial charge on any atom is -0.493 e. The lowest BCUT2D eigenvalue weighted by atomic mass is 9.91. The Kier molecular flexibility index (Phi) is 6.93. The average Bonchev–Trinajstić information content (AvgIpc) is 2.63. The number of amides is 3. The van der Waals surface area contributed by atoms with Crippen molar-refractivity contribution in [2.45, 2.75) is 46.2 Å². The molecule has 0 radical (unpaired) electrons. The summed E-state index contributed by atoms with van der Waals surface area (Å²) in [7, 11) is 3.20. The van der Waals surface area contributed by atoms with Crippen LogP contribution in [0.1, 0.15) is 44.9 Å². The van der Waals surface area contributed by atoms with E-state index in [0.29, 0.717) is 24.6 Å². The molecule has 3 amide bonds. The number of urea groups is 1. The van der Waals surface area contributed by atoms with E-state index in [1.807, 2.05) is 39.8 Å². The van der Waals surface area contributed by atoms with Crippen LogP contribution in [0.25, 0.3) is 0 Å². The van der Waals surface area contributed by atoms with Gasteiger partial charge >= 0.3 is 6.03 Å². The molecule has 1 heterocycles. The Hall–Kier alpha value is -2.44. The van der Waals surface area contributed by atoms with Gasteiger partial charge in [-0.25, -0.2) is 4.79 Å². The SMILES string of the molecule is COc1cc2c(cc1OC)[C@@H](CNC(=O)C(C)C)N(C(=O)NC(C)C)CC2. The van der Waals surface area contributed by atoms with Crippen LogP contribution in [0.3, 0.4) is 0 Å². The fraction of sp³-hybridized carbons (Fsp3) is 0.600. The summed E-state index contributed by atoms with van der Waals surface area (Å²) in [6.45, 7) is 8.48. The van der Waals surface area contributed by atoms with Gasteiger partial charge in [0, 0.05) is 25.0 Å². The fourth-order valence-corrected chi connectivity index (χ4v) is 3.22. The lowest BCUT2D eigenvalue weighted by Gasteiger charge is -2.38. The molecule has 0 fully saturated rings. The zero-order chi connectivity index (χ0) is 20.1. The van der Waals surface area contributed by atoms with Crippen LogP contribution in [0.2, 0.25) is 0 Å². The molecule has 7 nitrogen and oxygen atoms in total. The van der Waals surface area contributed by atoms with E-state index in [0.717, 1.165) is 17.5 Å². The highest BCUT2D eigenvalue weighted by Crippen LogP contribution is 2.38. The fourth-order valence-electron chi connectivity index (χ4n) is 3.22. The minimum atomic E-state index is -0.269. The van der Waals surface area contributed by atoms with E-state index in [2.05, 4.69) is 10.6 Å². The number of carbonyl (C=O) groups is 2. The normalized spacial score (nSPS) is 16.1. The number of methoxy groups -OCH3 is 2. The van der Waals surface area contributed by atoms with Gasteiger partial charge in [-0.2, -0.15) is 0 Å². The van der Waals surface area contributed by atoms with Crippen LogP contribution in [-0.4, -0.2) is 50.2 Å². The Labute approximate surface area is 161 Å². The highest BCUT2D eigenvalue weighted by atomic mass is 16.5. The summed E-state index contributed by atoms with van der Waals surface area (Å²) in [4.78, 5) is 26.6. The summed E-state index contributed by atoms with van der Waals surface area (Å²) >= 11 is 0. The van der Waals surface area contributed by atoms with Crippen molar-refractivity contribution in [2.24, 2.45) is 5.92 Å². The summed E-state index contributed by atoms with van der Waals surface area (Å²) in [5.41, 5.74) is 2.08. The van der Waals surface area contributed by atoms with Gasteiger partial charge in [-0.3, -0.25) is 4.79 Å². The third-order valence-corrected chi connectivity index (χ3v) is 4.67. The molecule has 1 atom stereocenters. The van der Waals surface area contributed by atoms with Gasteiger partial charge in [0.2, 0.25) is 5.91 Å². The standard InChI is InChI=1S/C20H31N3O4/c1-12(2)19(24)21-11-16-15-10-18(27-6)17(26-5)9-14(15)7-8-23(16)20(25)22-13(3)4/h9-10,12-13,16H,7-8,11H2,1-6H3,(H,21,24)(H,22,25)/t16-/m1/s1. The Bertz CT molecular complexity index is 688. The van der Waals surface area contributed by atoms with Crippen LogP contribution >= 0.6 is 0 Å². The molecule has 0 unspecified atom stereocenters. The molecule has 2 rings (SSSR count). The van der Waals surface area contributed by atoms with E-state index in [4.69, 9.17) is 9.47 Å². The molecule has 0 spiro atoms. The highest BCUT2D eigenvalue weighted by molar-refractivity contribution is 5.78. The molecule has 27 heavy (non-hydrogen) atoms. The molecular weight excluding hydrogens is 346 g/mol. The van der Waals surface area contributed by atoms with E-state index in [1.165, 1.54) is 0 Å². The highest BCUT2D eigenvalue weighted by Gasteiger charge is 2.32. The van der Waals surface area contributed by atoms with Crippen molar-refractivity contribution < 1.29 is 19.1 Å². The predicted octanol–water partition coefficient (Wildman–Crippen LogP) is 2.49. The van der Waals surface area contributed by atoms with Crippen molar-refractivity contribution in [1.29, 1.82) is 0 Å². The minimum absolute atomic E-state index is 0.0354. The van der Waals surface area contributed by atoms with Gasteiger partial charge in [-0.1, -0.05) is 13.8 Å². The largest absolute Gasteiger partial charge is 0.493 e. The van der Waals surface area contributed by atoms with E-state index in [-0.39, 0.29) is 29.9 Å². The Morgan fingerprint density at radius 2 is 1.78 bits per heavy atom.